The Labute approximate surface area is 339 Å². The minimum Gasteiger partial charge on any atom is -0.462 e. The molecule has 5 heteroatoms. The molecule has 314 valence electrons. The molecule has 0 aliphatic heterocycles. The lowest BCUT2D eigenvalue weighted by molar-refractivity contribution is -0.161. The second kappa shape index (κ2) is 45.5. The summed E-state index contributed by atoms with van der Waals surface area (Å²) < 4.78 is 10.6. The molecule has 0 bridgehead atoms. The molecule has 0 aromatic heterocycles. The van der Waals surface area contributed by atoms with Crippen LogP contribution < -0.4 is 0 Å². The molecule has 0 saturated heterocycles. The first-order valence-electron chi connectivity index (χ1n) is 22.6. The topological polar surface area (TPSA) is 72.8 Å². The molecular weight excluding hydrogens is 681 g/mol. The highest BCUT2D eigenvalue weighted by atomic mass is 16.6. The third-order valence-electron chi connectivity index (χ3n) is 9.42. The van der Waals surface area contributed by atoms with Crippen LogP contribution in [-0.2, 0) is 19.1 Å². The third kappa shape index (κ3) is 43.7. The highest BCUT2D eigenvalue weighted by molar-refractivity contribution is 5.70. The molecule has 0 heterocycles. The quantitative estimate of drug-likeness (QED) is 0.0382. The molecule has 0 spiro atoms. The van der Waals surface area contributed by atoms with Crippen molar-refractivity contribution < 1.29 is 24.2 Å². The van der Waals surface area contributed by atoms with Crippen molar-refractivity contribution in [3.05, 3.63) is 85.1 Å². The Hall–Kier alpha value is -2.92. The average Bonchev–Trinajstić information content (AvgIpc) is 3.19. The van der Waals surface area contributed by atoms with Crippen LogP contribution in [0.25, 0.3) is 0 Å². The molecule has 0 rings (SSSR count). The Balaban J connectivity index is 3.59. The smallest absolute Gasteiger partial charge is 0.306 e. The zero-order valence-electron chi connectivity index (χ0n) is 35.7. The van der Waals surface area contributed by atoms with Crippen molar-refractivity contribution in [2.24, 2.45) is 0 Å². The molecule has 0 radical (unpaired) electrons. The summed E-state index contributed by atoms with van der Waals surface area (Å²) in [4.78, 5) is 24.3. The van der Waals surface area contributed by atoms with Crippen LogP contribution in [0.4, 0.5) is 0 Å². The maximum Gasteiger partial charge on any atom is 0.306 e. The zero-order chi connectivity index (χ0) is 40.0. The minimum atomic E-state index is -0.784. The minimum absolute atomic E-state index is 0.0773. The molecule has 0 fully saturated rings. The predicted molar refractivity (Wildman–Crippen MR) is 237 cm³/mol. The van der Waals surface area contributed by atoms with Crippen molar-refractivity contribution in [2.75, 3.05) is 13.2 Å². The second-order valence-electron chi connectivity index (χ2n) is 14.7. The van der Waals surface area contributed by atoms with Crippen molar-refractivity contribution in [3.8, 4) is 0 Å². The van der Waals surface area contributed by atoms with Gasteiger partial charge in [0.1, 0.15) is 6.61 Å². The Morgan fingerprint density at radius 1 is 0.436 bits per heavy atom. The van der Waals surface area contributed by atoms with E-state index in [1.54, 1.807) is 0 Å². The fourth-order valence-electron chi connectivity index (χ4n) is 6.02. The molecule has 1 unspecified atom stereocenters. The van der Waals surface area contributed by atoms with Crippen LogP contribution in [0, 0.1) is 0 Å². The summed E-state index contributed by atoms with van der Waals surface area (Å²) in [6, 6.07) is 0. The third-order valence-corrected chi connectivity index (χ3v) is 9.42. The van der Waals surface area contributed by atoms with Crippen LogP contribution >= 0.6 is 0 Å². The standard InChI is InChI=1S/C50H84O5/c1-3-5-7-9-11-13-15-17-19-20-21-22-23-24-25-26-27-28-29-30-31-33-35-37-39-41-43-45-50(53)55-48(46-51)47-54-49(52)44-42-40-38-36-34-32-18-16-14-12-10-8-6-4-2/h5,7,11,13,16-19,21-22,24-25,27-28,48,51H,3-4,6,8-10,12,14-15,20,23,26,29-47H2,1-2H3/b7-5-,13-11-,18-16-,19-17-,22-21-,25-24-,28-27-. The van der Waals surface area contributed by atoms with Gasteiger partial charge in [-0.2, -0.15) is 0 Å². The number of hydrogen-bond acceptors (Lipinski definition) is 5. The number of rotatable bonds is 40. The maximum atomic E-state index is 12.2. The fraction of sp³-hybridized carbons (Fsp3) is 0.680. The van der Waals surface area contributed by atoms with E-state index in [0.29, 0.717) is 12.8 Å². The van der Waals surface area contributed by atoms with Crippen LogP contribution in [-0.4, -0.2) is 36.4 Å². The van der Waals surface area contributed by atoms with Gasteiger partial charge in [-0.25, -0.2) is 0 Å². The van der Waals surface area contributed by atoms with E-state index < -0.39 is 6.10 Å². The maximum absolute atomic E-state index is 12.2. The Morgan fingerprint density at radius 3 is 1.20 bits per heavy atom. The molecule has 0 aliphatic rings. The molecule has 5 nitrogen and oxygen atoms in total. The van der Waals surface area contributed by atoms with Crippen molar-refractivity contribution in [2.45, 2.75) is 206 Å². The summed E-state index contributed by atoms with van der Waals surface area (Å²) in [7, 11) is 0. The summed E-state index contributed by atoms with van der Waals surface area (Å²) in [6.07, 6.45) is 62.2. The lowest BCUT2D eigenvalue weighted by atomic mass is 10.1. The average molecular weight is 765 g/mol. The first kappa shape index (κ1) is 52.1. The lowest BCUT2D eigenvalue weighted by Crippen LogP contribution is -2.28. The van der Waals surface area contributed by atoms with Gasteiger partial charge in [-0.05, 0) is 89.9 Å². The van der Waals surface area contributed by atoms with Crippen molar-refractivity contribution >= 4 is 11.9 Å². The molecule has 1 atom stereocenters. The summed E-state index contributed by atoms with van der Waals surface area (Å²) >= 11 is 0. The van der Waals surface area contributed by atoms with E-state index in [9.17, 15) is 14.7 Å². The van der Waals surface area contributed by atoms with E-state index in [2.05, 4.69) is 98.9 Å². The molecule has 0 aliphatic carbocycles. The number of esters is 2. The van der Waals surface area contributed by atoms with Crippen molar-refractivity contribution in [1.82, 2.24) is 0 Å². The van der Waals surface area contributed by atoms with Crippen LogP contribution in [0.2, 0.25) is 0 Å². The Bertz CT molecular complexity index is 1050. The highest BCUT2D eigenvalue weighted by Gasteiger charge is 2.16. The van der Waals surface area contributed by atoms with E-state index in [0.717, 1.165) is 89.9 Å². The number of allylic oxidation sites excluding steroid dienone is 14. The number of aliphatic hydroxyl groups excluding tert-OH is 1. The summed E-state index contributed by atoms with van der Waals surface area (Å²) in [6.45, 7) is 3.99. The van der Waals surface area contributed by atoms with E-state index in [-0.39, 0.29) is 25.2 Å². The molecule has 55 heavy (non-hydrogen) atoms. The van der Waals surface area contributed by atoms with Gasteiger partial charge in [0.15, 0.2) is 6.10 Å². The number of unbranched alkanes of at least 4 members (excludes halogenated alkanes) is 18. The van der Waals surface area contributed by atoms with Gasteiger partial charge in [0.05, 0.1) is 6.61 Å². The monoisotopic (exact) mass is 765 g/mol. The molecule has 0 aromatic rings. The SMILES string of the molecule is CC/C=C\C/C=C\C/C=C\C/C=C\C/C=C\C/C=C\CCCCCCCCCCC(=O)OC(CO)COC(=O)CCCCCCC/C=C\CCCCCCC. The lowest BCUT2D eigenvalue weighted by Gasteiger charge is -2.15. The predicted octanol–water partition coefficient (Wildman–Crippen LogP) is 14.7. The second-order valence-corrected chi connectivity index (χ2v) is 14.7. The number of aliphatic hydroxyl groups is 1. The van der Waals surface area contributed by atoms with Gasteiger partial charge in [-0.1, -0.05) is 182 Å². The first-order valence-corrected chi connectivity index (χ1v) is 22.6. The van der Waals surface area contributed by atoms with E-state index in [4.69, 9.17) is 9.47 Å². The van der Waals surface area contributed by atoms with Crippen LogP contribution in [0.3, 0.4) is 0 Å². The first-order chi connectivity index (χ1) is 27.1. The number of ether oxygens (including phenoxy) is 2. The van der Waals surface area contributed by atoms with Gasteiger partial charge in [0, 0.05) is 12.8 Å². The van der Waals surface area contributed by atoms with Crippen LogP contribution in [0.15, 0.2) is 85.1 Å². The molecule has 0 amide bonds. The zero-order valence-corrected chi connectivity index (χ0v) is 35.7. The van der Waals surface area contributed by atoms with E-state index in [1.807, 2.05) is 0 Å². The molecular formula is C50H84O5. The molecule has 1 N–H and O–H groups in total. The van der Waals surface area contributed by atoms with Crippen molar-refractivity contribution in [1.29, 1.82) is 0 Å². The Morgan fingerprint density at radius 2 is 0.782 bits per heavy atom. The van der Waals surface area contributed by atoms with Gasteiger partial charge >= 0.3 is 11.9 Å². The number of hydrogen-bond donors (Lipinski definition) is 1. The normalized spacial score (nSPS) is 13.0. The van der Waals surface area contributed by atoms with Crippen molar-refractivity contribution in [3.63, 3.8) is 0 Å². The van der Waals surface area contributed by atoms with Gasteiger partial charge in [-0.15, -0.1) is 0 Å². The highest BCUT2D eigenvalue weighted by Crippen LogP contribution is 2.13. The summed E-state index contributed by atoms with van der Waals surface area (Å²) in [5.41, 5.74) is 0. The van der Waals surface area contributed by atoms with Gasteiger partial charge in [0.25, 0.3) is 0 Å². The number of carbonyl (C=O) groups excluding carboxylic acids is 2. The number of carbonyl (C=O) groups is 2. The molecule has 0 saturated carbocycles. The molecule has 0 aromatic carbocycles. The van der Waals surface area contributed by atoms with Crippen LogP contribution in [0.5, 0.6) is 0 Å². The van der Waals surface area contributed by atoms with E-state index in [1.165, 1.54) is 83.5 Å². The van der Waals surface area contributed by atoms with Crippen LogP contribution in [0.1, 0.15) is 200 Å². The Kier molecular flexibility index (Phi) is 43.1. The largest absolute Gasteiger partial charge is 0.462 e. The summed E-state index contributed by atoms with van der Waals surface area (Å²) in [5, 5.41) is 9.58. The fourth-order valence-corrected chi connectivity index (χ4v) is 6.02. The van der Waals surface area contributed by atoms with Gasteiger partial charge in [0.2, 0.25) is 0 Å². The van der Waals surface area contributed by atoms with Gasteiger partial charge < -0.3 is 14.6 Å². The van der Waals surface area contributed by atoms with Gasteiger partial charge in [-0.3, -0.25) is 9.59 Å². The van der Waals surface area contributed by atoms with E-state index >= 15 is 0 Å². The summed E-state index contributed by atoms with van der Waals surface area (Å²) in [5.74, 6) is -0.614.